The molecule has 1 saturated heterocycles. The summed E-state index contributed by atoms with van der Waals surface area (Å²) in [4.78, 5) is 17.8. The highest BCUT2D eigenvalue weighted by Gasteiger charge is 2.27. The highest BCUT2D eigenvalue weighted by molar-refractivity contribution is 7.91. The van der Waals surface area contributed by atoms with Crippen molar-refractivity contribution in [3.8, 4) is 11.6 Å². The summed E-state index contributed by atoms with van der Waals surface area (Å²) in [5.41, 5.74) is 3.58. The summed E-state index contributed by atoms with van der Waals surface area (Å²) >= 11 is 0. The van der Waals surface area contributed by atoms with Crippen LogP contribution in [-0.4, -0.2) is 41.9 Å². The van der Waals surface area contributed by atoms with Crippen molar-refractivity contribution in [1.29, 1.82) is 0 Å². The van der Waals surface area contributed by atoms with E-state index < -0.39 is 9.84 Å². The number of fused-ring (bicyclic) bond motifs is 1. The third-order valence-electron chi connectivity index (χ3n) is 5.59. The summed E-state index contributed by atoms with van der Waals surface area (Å²) in [6.45, 7) is 5.81. The number of aryl methyl sites for hydroxylation is 3. The molecular weight excluding hydrogens is 400 g/mol. The molecule has 156 valence electrons. The van der Waals surface area contributed by atoms with Crippen LogP contribution >= 0.6 is 0 Å². The fourth-order valence-corrected chi connectivity index (χ4v) is 5.93. The molecule has 1 aliphatic rings. The molecule has 4 rings (SSSR count). The highest BCUT2D eigenvalue weighted by Crippen LogP contribution is 2.29. The summed E-state index contributed by atoms with van der Waals surface area (Å²) in [6.07, 6.45) is 1.98. The SMILES string of the molecule is Cc1cc(C)c(-n2c(O)c(C=N[C@@H]3CCS(=O)(=O)C3)c3ccccc3c2=O)c(C)c1. The Balaban J connectivity index is 1.97. The van der Waals surface area contributed by atoms with E-state index in [0.29, 0.717) is 28.4 Å². The molecule has 0 unspecified atom stereocenters. The van der Waals surface area contributed by atoms with Gasteiger partial charge in [-0.2, -0.15) is 0 Å². The van der Waals surface area contributed by atoms with Crippen LogP contribution in [0.15, 0.2) is 46.2 Å². The molecule has 0 saturated carbocycles. The van der Waals surface area contributed by atoms with Crippen LogP contribution in [0.1, 0.15) is 28.7 Å². The van der Waals surface area contributed by atoms with Gasteiger partial charge in [0.1, 0.15) is 0 Å². The summed E-state index contributed by atoms with van der Waals surface area (Å²) < 4.78 is 24.8. The Morgan fingerprint density at radius 3 is 2.33 bits per heavy atom. The van der Waals surface area contributed by atoms with Crippen molar-refractivity contribution < 1.29 is 13.5 Å². The molecule has 7 heteroatoms. The fourth-order valence-electron chi connectivity index (χ4n) is 4.29. The van der Waals surface area contributed by atoms with Gasteiger partial charge in [0.05, 0.1) is 28.8 Å². The molecule has 6 nitrogen and oxygen atoms in total. The van der Waals surface area contributed by atoms with Crippen LogP contribution < -0.4 is 5.56 Å². The maximum Gasteiger partial charge on any atom is 0.265 e. The highest BCUT2D eigenvalue weighted by atomic mass is 32.2. The Bertz CT molecular complexity index is 1330. The molecule has 1 aliphatic heterocycles. The van der Waals surface area contributed by atoms with E-state index in [4.69, 9.17) is 0 Å². The van der Waals surface area contributed by atoms with E-state index >= 15 is 0 Å². The van der Waals surface area contributed by atoms with Gasteiger partial charge in [-0.15, -0.1) is 0 Å². The zero-order chi connectivity index (χ0) is 21.6. The normalized spacial score (nSPS) is 18.4. The molecule has 1 atom stereocenters. The first-order chi connectivity index (χ1) is 14.2. The van der Waals surface area contributed by atoms with E-state index in [1.807, 2.05) is 32.9 Å². The zero-order valence-corrected chi connectivity index (χ0v) is 18.0. The second kappa shape index (κ2) is 7.40. The summed E-state index contributed by atoms with van der Waals surface area (Å²) in [5, 5.41) is 12.2. The third kappa shape index (κ3) is 3.54. The maximum atomic E-state index is 13.3. The molecule has 0 aliphatic carbocycles. The number of sulfone groups is 1. The summed E-state index contributed by atoms with van der Waals surface area (Å²) in [5.74, 6) is -0.0561. The molecule has 1 N–H and O–H groups in total. The van der Waals surface area contributed by atoms with E-state index in [1.165, 1.54) is 10.8 Å². The van der Waals surface area contributed by atoms with E-state index in [-0.39, 0.29) is 29.0 Å². The van der Waals surface area contributed by atoms with Crippen molar-refractivity contribution in [2.45, 2.75) is 33.2 Å². The summed E-state index contributed by atoms with van der Waals surface area (Å²) in [6, 6.07) is 10.7. The Hall–Kier alpha value is -2.93. The number of hydrogen-bond donors (Lipinski definition) is 1. The molecule has 0 bridgehead atoms. The number of nitrogens with zero attached hydrogens (tertiary/aromatic N) is 2. The second-order valence-corrected chi connectivity index (χ2v) is 10.2. The minimum atomic E-state index is -3.06. The lowest BCUT2D eigenvalue weighted by Gasteiger charge is -2.18. The molecule has 1 fully saturated rings. The van der Waals surface area contributed by atoms with Crippen molar-refractivity contribution in [2.75, 3.05) is 11.5 Å². The molecule has 1 aromatic heterocycles. The van der Waals surface area contributed by atoms with Gasteiger partial charge < -0.3 is 5.11 Å². The van der Waals surface area contributed by atoms with Crippen LogP contribution in [-0.2, 0) is 9.84 Å². The van der Waals surface area contributed by atoms with Gasteiger partial charge in [0.2, 0.25) is 5.88 Å². The van der Waals surface area contributed by atoms with Gasteiger partial charge in [0, 0.05) is 17.0 Å². The van der Waals surface area contributed by atoms with Crippen LogP contribution in [0.4, 0.5) is 0 Å². The van der Waals surface area contributed by atoms with Crippen LogP contribution in [0, 0.1) is 20.8 Å². The van der Waals surface area contributed by atoms with Crippen LogP contribution in [0.2, 0.25) is 0 Å². The van der Waals surface area contributed by atoms with Crippen molar-refractivity contribution >= 4 is 26.8 Å². The number of aromatic hydroxyl groups is 1. The topological polar surface area (TPSA) is 88.7 Å². The Kier molecular flexibility index (Phi) is 5.02. The standard InChI is InChI=1S/C23H24N2O4S/c1-14-10-15(2)21(16(3)11-14)25-22(26)19-7-5-4-6-18(19)20(23(25)27)12-24-17-8-9-30(28,29)13-17/h4-7,10-12,17,27H,8-9,13H2,1-3H3/t17-/m1/s1. The number of aliphatic imine (C=N–C) groups is 1. The lowest BCUT2D eigenvalue weighted by Crippen LogP contribution is -2.22. The number of rotatable bonds is 3. The van der Waals surface area contributed by atoms with Crippen molar-refractivity contribution in [3.05, 3.63) is 69.0 Å². The van der Waals surface area contributed by atoms with Crippen molar-refractivity contribution in [3.63, 3.8) is 0 Å². The second-order valence-electron chi connectivity index (χ2n) is 8.01. The first-order valence-corrected chi connectivity index (χ1v) is 11.7. The monoisotopic (exact) mass is 424 g/mol. The lowest BCUT2D eigenvalue weighted by atomic mass is 10.0. The lowest BCUT2D eigenvalue weighted by molar-refractivity contribution is 0.435. The predicted molar refractivity (Wildman–Crippen MR) is 120 cm³/mol. The van der Waals surface area contributed by atoms with E-state index in [1.54, 1.807) is 24.3 Å². The summed E-state index contributed by atoms with van der Waals surface area (Å²) in [7, 11) is -3.06. The van der Waals surface area contributed by atoms with E-state index in [2.05, 4.69) is 4.99 Å². The number of aromatic nitrogens is 1. The Labute approximate surface area is 175 Å². The zero-order valence-electron chi connectivity index (χ0n) is 17.2. The predicted octanol–water partition coefficient (Wildman–Crippen LogP) is 3.23. The van der Waals surface area contributed by atoms with Crippen molar-refractivity contribution in [1.82, 2.24) is 4.57 Å². The van der Waals surface area contributed by atoms with Crippen LogP contribution in [0.5, 0.6) is 5.88 Å². The first-order valence-electron chi connectivity index (χ1n) is 9.86. The average Bonchev–Trinajstić information content (AvgIpc) is 3.02. The van der Waals surface area contributed by atoms with Crippen LogP contribution in [0.3, 0.4) is 0 Å². The Morgan fingerprint density at radius 2 is 1.73 bits per heavy atom. The van der Waals surface area contributed by atoms with Gasteiger partial charge in [-0.1, -0.05) is 35.9 Å². The third-order valence-corrected chi connectivity index (χ3v) is 7.34. The largest absolute Gasteiger partial charge is 0.494 e. The van der Waals surface area contributed by atoms with Crippen molar-refractivity contribution in [2.24, 2.45) is 4.99 Å². The molecule has 2 heterocycles. The van der Waals surface area contributed by atoms with E-state index in [0.717, 1.165) is 16.7 Å². The number of hydrogen-bond acceptors (Lipinski definition) is 5. The van der Waals surface area contributed by atoms with E-state index in [9.17, 15) is 18.3 Å². The Morgan fingerprint density at radius 1 is 1.10 bits per heavy atom. The minimum Gasteiger partial charge on any atom is -0.494 e. The van der Waals surface area contributed by atoms with Gasteiger partial charge in [-0.05, 0) is 44.4 Å². The number of pyridine rings is 1. The average molecular weight is 425 g/mol. The fraction of sp³-hybridized carbons (Fsp3) is 0.304. The van der Waals surface area contributed by atoms with Gasteiger partial charge in [-0.25, -0.2) is 13.0 Å². The molecule has 3 aromatic rings. The molecular formula is C23H24N2O4S. The first kappa shape index (κ1) is 20.3. The van der Waals surface area contributed by atoms with Gasteiger partial charge >= 0.3 is 0 Å². The maximum absolute atomic E-state index is 13.3. The minimum absolute atomic E-state index is 0.0119. The molecule has 30 heavy (non-hydrogen) atoms. The van der Waals surface area contributed by atoms with Crippen LogP contribution in [0.25, 0.3) is 16.5 Å². The smallest absolute Gasteiger partial charge is 0.265 e. The van der Waals surface area contributed by atoms with Gasteiger partial charge in [0.25, 0.3) is 5.56 Å². The molecule has 0 amide bonds. The quantitative estimate of drug-likeness (QED) is 0.654. The van der Waals surface area contributed by atoms with Gasteiger partial charge in [0.15, 0.2) is 9.84 Å². The molecule has 0 spiro atoms. The van der Waals surface area contributed by atoms with Gasteiger partial charge in [-0.3, -0.25) is 9.79 Å². The molecule has 0 radical (unpaired) electrons. The molecule has 2 aromatic carbocycles. The number of benzene rings is 2.